The van der Waals surface area contributed by atoms with E-state index in [1.807, 2.05) is 0 Å². The molecular formula is C10H20N2OS. The Bertz CT molecular complexity index is 187. The summed E-state index contributed by atoms with van der Waals surface area (Å²) >= 11 is 4.01. The zero-order valence-corrected chi connectivity index (χ0v) is 9.72. The monoisotopic (exact) mass is 216 g/mol. The molecule has 14 heavy (non-hydrogen) atoms. The highest BCUT2D eigenvalue weighted by atomic mass is 32.1. The Labute approximate surface area is 91.6 Å². The lowest BCUT2D eigenvalue weighted by molar-refractivity contribution is -0.120. The van der Waals surface area contributed by atoms with Gasteiger partial charge in [-0.15, -0.1) is 0 Å². The number of nitrogens with one attached hydrogen (secondary N) is 1. The number of carbonyl (C=O) groups is 1. The minimum atomic E-state index is 0.131. The van der Waals surface area contributed by atoms with E-state index in [0.717, 1.165) is 18.9 Å². The van der Waals surface area contributed by atoms with Crippen LogP contribution in [0.2, 0.25) is 0 Å². The second-order valence-corrected chi connectivity index (χ2v) is 4.48. The van der Waals surface area contributed by atoms with Crippen LogP contribution in [0, 0.1) is 5.92 Å². The normalized spacial score (nSPS) is 22.6. The highest BCUT2D eigenvalue weighted by molar-refractivity contribution is 7.80. The van der Waals surface area contributed by atoms with Crippen LogP contribution in [0.3, 0.4) is 0 Å². The molecule has 1 saturated heterocycles. The number of rotatable bonds is 5. The average molecular weight is 216 g/mol. The van der Waals surface area contributed by atoms with Crippen molar-refractivity contribution in [1.82, 2.24) is 10.2 Å². The summed E-state index contributed by atoms with van der Waals surface area (Å²) in [5.74, 6) is 1.54. The molecular weight excluding hydrogens is 196 g/mol. The predicted octanol–water partition coefficient (Wildman–Crippen LogP) is 0.764. The minimum absolute atomic E-state index is 0.131. The molecule has 3 nitrogen and oxygen atoms in total. The van der Waals surface area contributed by atoms with Crippen LogP contribution in [-0.2, 0) is 4.79 Å². The van der Waals surface area contributed by atoms with Gasteiger partial charge < -0.3 is 10.2 Å². The predicted molar refractivity (Wildman–Crippen MR) is 61.7 cm³/mol. The average Bonchev–Trinajstić information content (AvgIpc) is 2.52. The lowest BCUT2D eigenvalue weighted by Gasteiger charge is -2.10. The maximum Gasteiger partial charge on any atom is 0.220 e. The van der Waals surface area contributed by atoms with Crippen molar-refractivity contribution in [3.05, 3.63) is 0 Å². The third kappa shape index (κ3) is 4.33. The molecule has 0 bridgehead atoms. The number of thiol groups is 1. The first-order valence-electron chi connectivity index (χ1n) is 5.28. The van der Waals surface area contributed by atoms with E-state index in [0.29, 0.717) is 12.2 Å². The molecule has 4 heteroatoms. The number of likely N-dealkylation sites (tertiary alicyclic amines) is 1. The Morgan fingerprint density at radius 1 is 1.64 bits per heavy atom. The molecule has 0 aromatic heterocycles. The molecule has 1 fully saturated rings. The molecule has 1 heterocycles. The quantitative estimate of drug-likeness (QED) is 0.665. The van der Waals surface area contributed by atoms with E-state index in [1.54, 1.807) is 0 Å². The van der Waals surface area contributed by atoms with Crippen LogP contribution < -0.4 is 5.32 Å². The highest BCUT2D eigenvalue weighted by Gasteiger charge is 2.18. The summed E-state index contributed by atoms with van der Waals surface area (Å²) in [7, 11) is 2.15. The topological polar surface area (TPSA) is 32.3 Å². The minimum Gasteiger partial charge on any atom is -0.356 e. The van der Waals surface area contributed by atoms with E-state index >= 15 is 0 Å². The second-order valence-electron chi connectivity index (χ2n) is 4.03. The van der Waals surface area contributed by atoms with Crippen LogP contribution in [0.5, 0.6) is 0 Å². The smallest absolute Gasteiger partial charge is 0.220 e. The van der Waals surface area contributed by atoms with E-state index in [1.165, 1.54) is 19.5 Å². The van der Waals surface area contributed by atoms with Crippen LogP contribution in [0.15, 0.2) is 0 Å². The SMILES string of the molecule is CN1CCC(CCNC(=O)CCS)C1. The first-order chi connectivity index (χ1) is 6.72. The van der Waals surface area contributed by atoms with E-state index < -0.39 is 0 Å². The lowest BCUT2D eigenvalue weighted by Crippen LogP contribution is -2.26. The molecule has 1 aliphatic heterocycles. The second kappa shape index (κ2) is 6.30. The lowest BCUT2D eigenvalue weighted by atomic mass is 10.1. The summed E-state index contributed by atoms with van der Waals surface area (Å²) in [6, 6.07) is 0. The Balaban J connectivity index is 2.01. The molecule has 0 radical (unpaired) electrons. The summed E-state index contributed by atoms with van der Waals surface area (Å²) in [5, 5.41) is 2.92. The molecule has 82 valence electrons. The fraction of sp³-hybridized carbons (Fsp3) is 0.900. The van der Waals surface area contributed by atoms with E-state index in [9.17, 15) is 4.79 Å². The van der Waals surface area contributed by atoms with Gasteiger partial charge in [0.2, 0.25) is 5.91 Å². The van der Waals surface area contributed by atoms with Gasteiger partial charge in [0.05, 0.1) is 0 Å². The zero-order chi connectivity index (χ0) is 10.4. The van der Waals surface area contributed by atoms with Gasteiger partial charge in [-0.2, -0.15) is 12.6 Å². The van der Waals surface area contributed by atoms with Gasteiger partial charge in [-0.1, -0.05) is 0 Å². The zero-order valence-electron chi connectivity index (χ0n) is 8.83. The first-order valence-corrected chi connectivity index (χ1v) is 5.91. The molecule has 1 unspecified atom stereocenters. The highest BCUT2D eigenvalue weighted by Crippen LogP contribution is 2.16. The summed E-state index contributed by atoms with van der Waals surface area (Å²) < 4.78 is 0. The molecule has 0 saturated carbocycles. The van der Waals surface area contributed by atoms with Gasteiger partial charge in [-0.3, -0.25) is 4.79 Å². The Hall–Kier alpha value is -0.220. The number of carbonyl (C=O) groups excluding carboxylic acids is 1. The maximum atomic E-state index is 11.1. The summed E-state index contributed by atoms with van der Waals surface area (Å²) in [6.07, 6.45) is 2.93. The van der Waals surface area contributed by atoms with Gasteiger partial charge in [-0.05, 0) is 38.1 Å². The van der Waals surface area contributed by atoms with Crippen molar-refractivity contribution in [3.8, 4) is 0 Å². The number of hydrogen-bond acceptors (Lipinski definition) is 3. The van der Waals surface area contributed by atoms with Crippen molar-refractivity contribution in [3.63, 3.8) is 0 Å². The molecule has 1 amide bonds. The van der Waals surface area contributed by atoms with Gasteiger partial charge in [-0.25, -0.2) is 0 Å². The largest absolute Gasteiger partial charge is 0.356 e. The van der Waals surface area contributed by atoms with Gasteiger partial charge in [0.15, 0.2) is 0 Å². The fourth-order valence-corrected chi connectivity index (χ4v) is 2.07. The van der Waals surface area contributed by atoms with Crippen LogP contribution in [0.1, 0.15) is 19.3 Å². The fourth-order valence-electron chi connectivity index (χ4n) is 1.87. The molecule has 0 spiro atoms. The molecule has 1 rings (SSSR count). The Morgan fingerprint density at radius 3 is 3.00 bits per heavy atom. The number of amides is 1. The van der Waals surface area contributed by atoms with E-state index in [2.05, 4.69) is 29.9 Å². The van der Waals surface area contributed by atoms with Gasteiger partial charge in [0.1, 0.15) is 0 Å². The molecule has 1 N–H and O–H groups in total. The van der Waals surface area contributed by atoms with Crippen molar-refractivity contribution in [2.24, 2.45) is 5.92 Å². The molecule has 0 aromatic carbocycles. The van der Waals surface area contributed by atoms with Crippen molar-refractivity contribution in [1.29, 1.82) is 0 Å². The molecule has 1 atom stereocenters. The van der Waals surface area contributed by atoms with Crippen LogP contribution >= 0.6 is 12.6 Å². The summed E-state index contributed by atoms with van der Waals surface area (Å²) in [6.45, 7) is 3.21. The third-order valence-corrected chi connectivity index (χ3v) is 2.93. The van der Waals surface area contributed by atoms with Crippen molar-refractivity contribution < 1.29 is 4.79 Å². The standard InChI is InChI=1S/C10H20N2OS/c1-12-6-3-9(8-12)2-5-11-10(13)4-7-14/h9,14H,2-8H2,1H3,(H,11,13). The van der Waals surface area contributed by atoms with Gasteiger partial charge >= 0.3 is 0 Å². The van der Waals surface area contributed by atoms with E-state index in [-0.39, 0.29) is 5.91 Å². The number of nitrogens with zero attached hydrogens (tertiary/aromatic N) is 1. The third-order valence-electron chi connectivity index (χ3n) is 2.70. The molecule has 0 aliphatic carbocycles. The van der Waals surface area contributed by atoms with Gasteiger partial charge in [0, 0.05) is 19.5 Å². The van der Waals surface area contributed by atoms with Crippen LogP contribution in [0.25, 0.3) is 0 Å². The summed E-state index contributed by atoms with van der Waals surface area (Å²) in [4.78, 5) is 13.5. The Kier molecular flexibility index (Phi) is 5.33. The van der Waals surface area contributed by atoms with E-state index in [4.69, 9.17) is 0 Å². The van der Waals surface area contributed by atoms with Gasteiger partial charge in [0.25, 0.3) is 0 Å². The van der Waals surface area contributed by atoms with Crippen LogP contribution in [-0.4, -0.2) is 43.2 Å². The number of hydrogen-bond donors (Lipinski definition) is 2. The van der Waals surface area contributed by atoms with Crippen molar-refractivity contribution in [2.75, 3.05) is 32.4 Å². The maximum absolute atomic E-state index is 11.1. The first kappa shape index (κ1) is 11.9. The van der Waals surface area contributed by atoms with Crippen molar-refractivity contribution >= 4 is 18.5 Å². The van der Waals surface area contributed by atoms with Crippen LogP contribution in [0.4, 0.5) is 0 Å². The molecule has 1 aliphatic rings. The molecule has 0 aromatic rings. The Morgan fingerprint density at radius 2 is 2.43 bits per heavy atom. The summed E-state index contributed by atoms with van der Waals surface area (Å²) in [5.41, 5.74) is 0. The van der Waals surface area contributed by atoms with Crippen molar-refractivity contribution in [2.45, 2.75) is 19.3 Å².